The molecule has 53 heavy (non-hydrogen) atoms. The Morgan fingerprint density at radius 3 is 1.60 bits per heavy atom. The fraction of sp³-hybridized carbons (Fsp3) is 0.368. The van der Waals surface area contributed by atoms with Crippen molar-refractivity contribution in [2.45, 2.75) is 39.9 Å². The van der Waals surface area contributed by atoms with E-state index in [0.29, 0.717) is 48.9 Å². The third-order valence-electron chi connectivity index (χ3n) is 6.61. The Hall–Kier alpha value is -5.19. The van der Waals surface area contributed by atoms with E-state index < -0.39 is 5.95 Å². The third kappa shape index (κ3) is 17.3. The zero-order chi connectivity index (χ0) is 38.5. The van der Waals surface area contributed by atoms with E-state index in [9.17, 15) is 9.50 Å². The van der Waals surface area contributed by atoms with Crippen molar-refractivity contribution < 1.29 is 43.1 Å². The molecule has 288 valence electrons. The predicted octanol–water partition coefficient (Wildman–Crippen LogP) is 5.64. The molecule has 3 N–H and O–H groups in total. The number of benzene rings is 2. The Bertz CT molecular complexity index is 1650. The molecular weight excluding hydrogens is 687 g/mol. The van der Waals surface area contributed by atoms with Crippen LogP contribution in [-0.4, -0.2) is 81.2 Å². The Morgan fingerprint density at radius 2 is 1.11 bits per heavy atom. The molecule has 4 aromatic rings. The van der Waals surface area contributed by atoms with Crippen molar-refractivity contribution in [1.82, 2.24) is 20.9 Å². The summed E-state index contributed by atoms with van der Waals surface area (Å²) in [6, 6.07) is 25.2. The number of hydrogen-bond acceptors (Lipinski definition) is 14. The van der Waals surface area contributed by atoms with Gasteiger partial charge < -0.3 is 29.0 Å². The van der Waals surface area contributed by atoms with Crippen molar-refractivity contribution in [3.8, 4) is 17.6 Å². The van der Waals surface area contributed by atoms with Crippen LogP contribution in [0.1, 0.15) is 48.9 Å². The molecule has 0 spiro atoms. The molecule has 4 rings (SSSR count). The molecule has 0 aliphatic rings. The number of aromatic nitrogens is 2. The van der Waals surface area contributed by atoms with Crippen LogP contribution in [0, 0.1) is 5.95 Å². The topological polar surface area (TPSA) is 159 Å². The number of ether oxygens (including phenoxy) is 3. The molecule has 14 nitrogen and oxygen atoms in total. The quantitative estimate of drug-likeness (QED) is 0.0583. The molecule has 2 aromatic carbocycles. The molecule has 2 heterocycles. The van der Waals surface area contributed by atoms with Gasteiger partial charge in [-0.2, -0.15) is 14.4 Å². The molecule has 0 unspecified atom stereocenters. The second-order valence-electron chi connectivity index (χ2n) is 10.5. The summed E-state index contributed by atoms with van der Waals surface area (Å²) in [6.07, 6.45) is 1.83. The Labute approximate surface area is 310 Å². The first kappa shape index (κ1) is 44.0. The van der Waals surface area contributed by atoms with Gasteiger partial charge in [0.1, 0.15) is 45.5 Å². The highest BCUT2D eigenvalue weighted by atomic mass is 19.1. The van der Waals surface area contributed by atoms with Gasteiger partial charge in [0.05, 0.1) is 19.8 Å². The van der Waals surface area contributed by atoms with E-state index in [2.05, 4.69) is 31.2 Å². The second kappa shape index (κ2) is 27.5. The predicted molar refractivity (Wildman–Crippen MR) is 200 cm³/mol. The molecular formula is C38H51FN6O8. The fourth-order valence-corrected chi connectivity index (χ4v) is 4.27. The zero-order valence-electron chi connectivity index (χ0n) is 31.2. The zero-order valence-corrected chi connectivity index (χ0v) is 31.2. The molecule has 0 fully saturated rings. The molecule has 0 saturated heterocycles. The van der Waals surface area contributed by atoms with Gasteiger partial charge in [-0.1, -0.05) is 84.8 Å². The SMILES string of the molecule is CCCOc1cccc(F)n1.CCCOc1cccc(OCc2ccccc2/C(CONC)=N/OC)n1.CNOC/C(=N\OC)c1ccccc1CO. The van der Waals surface area contributed by atoms with Gasteiger partial charge in [0, 0.05) is 43.4 Å². The number of nitrogens with zero attached hydrogens (tertiary/aromatic N) is 4. The standard InChI is InChI=1S/C19H25N3O4.C11H16N2O3.C8H10FNO/c1-4-12-24-18-10-7-11-19(21-18)25-13-15-8-5-6-9-16(15)17(22-23-3)14-26-20-2;1-12-16-8-11(13-15-2)10-6-4-3-5-9(10)7-14;1-2-6-11-8-5-3-4-7(9)10-8/h5-11,20H,4,12-14H2,1-3H3;3-6,12,14H,7-8H2,1-2H3;3-5H,2,6H2,1H3/b22-17+;13-11+;. The minimum absolute atomic E-state index is 0.0432. The van der Waals surface area contributed by atoms with Crippen molar-refractivity contribution in [2.75, 3.05) is 54.7 Å². The van der Waals surface area contributed by atoms with Crippen LogP contribution in [0.15, 0.2) is 95.2 Å². The first-order valence-corrected chi connectivity index (χ1v) is 17.0. The average molecular weight is 739 g/mol. The molecule has 15 heteroatoms. The van der Waals surface area contributed by atoms with Gasteiger partial charge in [-0.15, -0.1) is 0 Å². The molecule has 0 atom stereocenters. The van der Waals surface area contributed by atoms with Crippen LogP contribution in [-0.2, 0) is 32.6 Å². The Kier molecular flexibility index (Phi) is 22.8. The molecule has 0 aliphatic heterocycles. The maximum Gasteiger partial charge on any atom is 0.216 e. The summed E-state index contributed by atoms with van der Waals surface area (Å²) in [5.74, 6) is 0.914. The van der Waals surface area contributed by atoms with Gasteiger partial charge in [-0.05, 0) is 30.0 Å². The van der Waals surface area contributed by atoms with E-state index in [-0.39, 0.29) is 19.8 Å². The first-order valence-electron chi connectivity index (χ1n) is 17.0. The summed E-state index contributed by atoms with van der Waals surface area (Å²) in [4.78, 5) is 27.9. The number of hydrogen-bond donors (Lipinski definition) is 3. The molecule has 0 bridgehead atoms. The van der Waals surface area contributed by atoms with Crippen LogP contribution in [0.3, 0.4) is 0 Å². The molecule has 0 saturated carbocycles. The van der Waals surface area contributed by atoms with Crippen molar-refractivity contribution in [3.05, 3.63) is 113 Å². The van der Waals surface area contributed by atoms with E-state index >= 15 is 0 Å². The maximum atomic E-state index is 12.4. The number of oxime groups is 2. The highest BCUT2D eigenvalue weighted by Gasteiger charge is 2.12. The van der Waals surface area contributed by atoms with E-state index in [1.807, 2.05) is 74.5 Å². The Balaban J connectivity index is 0.000000305. The highest BCUT2D eigenvalue weighted by Crippen LogP contribution is 2.18. The lowest BCUT2D eigenvalue weighted by atomic mass is 10.0. The van der Waals surface area contributed by atoms with Gasteiger partial charge in [0.15, 0.2) is 0 Å². The largest absolute Gasteiger partial charge is 0.478 e. The van der Waals surface area contributed by atoms with Crippen molar-refractivity contribution in [3.63, 3.8) is 0 Å². The maximum absolute atomic E-state index is 12.4. The minimum atomic E-state index is -0.501. The number of hydroxylamine groups is 2. The van der Waals surface area contributed by atoms with Crippen LogP contribution >= 0.6 is 0 Å². The number of halogens is 1. The molecule has 0 aliphatic carbocycles. The monoisotopic (exact) mass is 738 g/mol. The lowest BCUT2D eigenvalue weighted by molar-refractivity contribution is 0.0866. The van der Waals surface area contributed by atoms with Crippen LogP contribution in [0.2, 0.25) is 0 Å². The van der Waals surface area contributed by atoms with Crippen LogP contribution in [0.5, 0.6) is 17.6 Å². The summed E-state index contributed by atoms with van der Waals surface area (Å²) < 4.78 is 28.9. The molecule has 0 amide bonds. The highest BCUT2D eigenvalue weighted by molar-refractivity contribution is 6.03. The second-order valence-corrected chi connectivity index (χ2v) is 10.5. The lowest BCUT2D eigenvalue weighted by Gasteiger charge is -2.13. The number of pyridine rings is 2. The van der Waals surface area contributed by atoms with Crippen LogP contribution in [0.25, 0.3) is 0 Å². The average Bonchev–Trinajstić information content (AvgIpc) is 3.19. The number of aliphatic hydroxyl groups excluding tert-OH is 1. The number of aliphatic hydroxyl groups is 1. The smallest absolute Gasteiger partial charge is 0.216 e. The van der Waals surface area contributed by atoms with E-state index in [0.717, 1.165) is 35.1 Å². The number of rotatable bonds is 20. The summed E-state index contributed by atoms with van der Waals surface area (Å²) in [7, 11) is 6.34. The van der Waals surface area contributed by atoms with Crippen LogP contribution < -0.4 is 25.2 Å². The Morgan fingerprint density at radius 1 is 0.642 bits per heavy atom. The van der Waals surface area contributed by atoms with E-state index in [4.69, 9.17) is 33.6 Å². The molecule has 0 radical (unpaired) electrons. The van der Waals surface area contributed by atoms with Crippen molar-refractivity contribution >= 4 is 11.4 Å². The first-order chi connectivity index (χ1) is 25.9. The fourth-order valence-electron chi connectivity index (χ4n) is 4.27. The minimum Gasteiger partial charge on any atom is -0.478 e. The van der Waals surface area contributed by atoms with Crippen molar-refractivity contribution in [1.29, 1.82) is 0 Å². The van der Waals surface area contributed by atoms with E-state index in [1.165, 1.54) is 20.3 Å². The molecule has 2 aromatic heterocycles. The summed E-state index contributed by atoms with van der Waals surface area (Å²) in [5.41, 5.74) is 9.94. The number of nitrogens with one attached hydrogen (secondary N) is 2. The van der Waals surface area contributed by atoms with Gasteiger partial charge in [-0.3, -0.25) is 9.68 Å². The summed E-state index contributed by atoms with van der Waals surface area (Å²) >= 11 is 0. The third-order valence-corrected chi connectivity index (χ3v) is 6.61. The van der Waals surface area contributed by atoms with Gasteiger partial charge in [-0.25, -0.2) is 11.0 Å². The van der Waals surface area contributed by atoms with Gasteiger partial charge >= 0.3 is 0 Å². The van der Waals surface area contributed by atoms with Crippen molar-refractivity contribution in [2.24, 2.45) is 10.3 Å². The summed E-state index contributed by atoms with van der Waals surface area (Å²) in [6.45, 7) is 6.06. The lowest BCUT2D eigenvalue weighted by Crippen LogP contribution is -2.19. The van der Waals surface area contributed by atoms with E-state index in [1.54, 1.807) is 32.3 Å². The van der Waals surface area contributed by atoms with Gasteiger partial charge in [0.25, 0.3) is 0 Å². The summed E-state index contributed by atoms with van der Waals surface area (Å²) in [5, 5.41) is 17.1. The van der Waals surface area contributed by atoms with Crippen LogP contribution in [0.4, 0.5) is 4.39 Å². The van der Waals surface area contributed by atoms with Gasteiger partial charge in [0.2, 0.25) is 23.6 Å². The normalized spacial score (nSPS) is 11.0.